The predicted octanol–water partition coefficient (Wildman–Crippen LogP) is 0.453. The minimum Gasteiger partial charge on any atom is -0.387 e. The van der Waals surface area contributed by atoms with Crippen molar-refractivity contribution < 1.29 is 18.3 Å². The number of aliphatic hydroxyl groups excluding tert-OH is 1. The molecule has 4 N–H and O–H groups in total. The summed E-state index contributed by atoms with van der Waals surface area (Å²) in [5.74, 6) is -0.0408. The molecule has 1 aromatic rings. The highest BCUT2D eigenvalue weighted by molar-refractivity contribution is 7.92. The molecule has 7 nitrogen and oxygen atoms in total. The maximum Gasteiger partial charge on any atom is 0.229 e. The molecule has 1 rings (SSSR count). The van der Waals surface area contributed by atoms with Crippen molar-refractivity contribution in [2.45, 2.75) is 20.0 Å². The average molecular weight is 343 g/mol. The number of rotatable bonds is 9. The third kappa shape index (κ3) is 7.96. The van der Waals surface area contributed by atoms with Gasteiger partial charge in [-0.15, -0.1) is 0 Å². The van der Waals surface area contributed by atoms with Crippen LogP contribution in [0.5, 0.6) is 0 Å². The van der Waals surface area contributed by atoms with E-state index in [0.29, 0.717) is 30.9 Å². The first-order valence-corrected chi connectivity index (χ1v) is 9.32. The van der Waals surface area contributed by atoms with Crippen molar-refractivity contribution in [3.63, 3.8) is 0 Å². The molecule has 130 valence electrons. The van der Waals surface area contributed by atoms with E-state index in [4.69, 9.17) is 0 Å². The van der Waals surface area contributed by atoms with Crippen molar-refractivity contribution in [2.24, 2.45) is 5.92 Å². The van der Waals surface area contributed by atoms with Crippen LogP contribution in [0.2, 0.25) is 0 Å². The largest absolute Gasteiger partial charge is 0.387 e. The molecular formula is C15H25N3O4S. The van der Waals surface area contributed by atoms with Crippen LogP contribution in [0.1, 0.15) is 25.5 Å². The van der Waals surface area contributed by atoms with Crippen LogP contribution in [0.25, 0.3) is 0 Å². The van der Waals surface area contributed by atoms with E-state index in [1.807, 2.05) is 13.8 Å². The second-order valence-corrected chi connectivity index (χ2v) is 7.41. The van der Waals surface area contributed by atoms with Gasteiger partial charge in [0, 0.05) is 31.2 Å². The third-order valence-electron chi connectivity index (χ3n) is 3.06. The summed E-state index contributed by atoms with van der Waals surface area (Å²) >= 11 is 0. The maximum atomic E-state index is 11.4. The van der Waals surface area contributed by atoms with Gasteiger partial charge in [-0.1, -0.05) is 26.0 Å². The van der Waals surface area contributed by atoms with Crippen molar-refractivity contribution in [1.82, 2.24) is 10.6 Å². The molecule has 0 spiro atoms. The first kappa shape index (κ1) is 19.4. The van der Waals surface area contributed by atoms with Crippen LogP contribution in [0.4, 0.5) is 5.69 Å². The molecule has 0 saturated carbocycles. The van der Waals surface area contributed by atoms with Crippen LogP contribution >= 0.6 is 0 Å². The van der Waals surface area contributed by atoms with E-state index in [9.17, 15) is 18.3 Å². The molecule has 1 amide bonds. The lowest BCUT2D eigenvalue weighted by Crippen LogP contribution is -2.35. The molecule has 0 bridgehead atoms. The Morgan fingerprint density at radius 3 is 2.30 bits per heavy atom. The van der Waals surface area contributed by atoms with E-state index in [1.54, 1.807) is 24.3 Å². The van der Waals surface area contributed by atoms with Gasteiger partial charge in [0.25, 0.3) is 0 Å². The minimum absolute atomic E-state index is 0.00122. The third-order valence-corrected chi connectivity index (χ3v) is 3.67. The Bertz CT molecular complexity index is 600. The molecule has 23 heavy (non-hydrogen) atoms. The molecule has 0 heterocycles. The van der Waals surface area contributed by atoms with Gasteiger partial charge >= 0.3 is 0 Å². The van der Waals surface area contributed by atoms with Crippen LogP contribution < -0.4 is 15.4 Å². The molecular weight excluding hydrogens is 318 g/mol. The lowest BCUT2D eigenvalue weighted by Gasteiger charge is -2.14. The van der Waals surface area contributed by atoms with Crippen molar-refractivity contribution in [1.29, 1.82) is 0 Å². The minimum atomic E-state index is -3.30. The Balaban J connectivity index is 2.35. The van der Waals surface area contributed by atoms with Gasteiger partial charge in [0.1, 0.15) is 0 Å². The zero-order valence-corrected chi connectivity index (χ0v) is 14.5. The van der Waals surface area contributed by atoms with E-state index in [-0.39, 0.29) is 11.8 Å². The number of hydrogen-bond donors (Lipinski definition) is 4. The van der Waals surface area contributed by atoms with Crippen LogP contribution in [0, 0.1) is 5.92 Å². The number of carbonyl (C=O) groups excluding carboxylic acids is 1. The molecule has 0 aromatic heterocycles. The smallest absolute Gasteiger partial charge is 0.229 e. The number of hydrogen-bond acceptors (Lipinski definition) is 5. The molecule has 1 aromatic carbocycles. The Labute approximate surface area is 137 Å². The summed E-state index contributed by atoms with van der Waals surface area (Å²) < 4.78 is 24.6. The van der Waals surface area contributed by atoms with Gasteiger partial charge < -0.3 is 15.7 Å². The van der Waals surface area contributed by atoms with Crippen molar-refractivity contribution >= 4 is 21.6 Å². The first-order valence-electron chi connectivity index (χ1n) is 7.43. The number of benzene rings is 1. The van der Waals surface area contributed by atoms with E-state index in [0.717, 1.165) is 6.26 Å². The van der Waals surface area contributed by atoms with Gasteiger partial charge in [0.05, 0.1) is 12.4 Å². The maximum absolute atomic E-state index is 11.4. The van der Waals surface area contributed by atoms with E-state index in [2.05, 4.69) is 15.4 Å². The number of amides is 1. The molecule has 0 saturated heterocycles. The number of carbonyl (C=O) groups is 1. The second kappa shape index (κ2) is 8.85. The zero-order valence-electron chi connectivity index (χ0n) is 13.7. The molecule has 1 atom stereocenters. The molecule has 0 radical (unpaired) electrons. The van der Waals surface area contributed by atoms with E-state index in [1.165, 1.54) is 0 Å². The lowest BCUT2D eigenvalue weighted by molar-refractivity contribution is -0.123. The number of anilines is 1. The molecule has 0 aliphatic rings. The van der Waals surface area contributed by atoms with Crippen LogP contribution in [-0.2, 0) is 14.8 Å². The monoisotopic (exact) mass is 343 g/mol. The summed E-state index contributed by atoms with van der Waals surface area (Å²) in [4.78, 5) is 11.4. The Kier molecular flexibility index (Phi) is 7.47. The highest BCUT2D eigenvalue weighted by Gasteiger charge is 2.09. The van der Waals surface area contributed by atoms with Crippen molar-refractivity contribution in [3.05, 3.63) is 29.8 Å². The first-order chi connectivity index (χ1) is 10.7. The van der Waals surface area contributed by atoms with E-state index < -0.39 is 16.1 Å². The summed E-state index contributed by atoms with van der Waals surface area (Å²) in [6.45, 7) is 5.06. The van der Waals surface area contributed by atoms with E-state index >= 15 is 0 Å². The summed E-state index contributed by atoms with van der Waals surface area (Å²) in [6, 6.07) is 6.53. The summed E-state index contributed by atoms with van der Waals surface area (Å²) in [5.41, 5.74) is 1.13. The zero-order chi connectivity index (χ0) is 17.5. The van der Waals surface area contributed by atoms with Gasteiger partial charge in [0.2, 0.25) is 15.9 Å². The van der Waals surface area contributed by atoms with Gasteiger partial charge in [-0.25, -0.2) is 8.42 Å². The Hall–Kier alpha value is -1.64. The quantitative estimate of drug-likeness (QED) is 0.487. The molecule has 8 heteroatoms. The average Bonchev–Trinajstić information content (AvgIpc) is 2.45. The topological polar surface area (TPSA) is 108 Å². The molecule has 0 fully saturated rings. The fraction of sp³-hybridized carbons (Fsp3) is 0.533. The van der Waals surface area contributed by atoms with Crippen LogP contribution in [0.3, 0.4) is 0 Å². The Morgan fingerprint density at radius 1 is 1.17 bits per heavy atom. The van der Waals surface area contributed by atoms with Gasteiger partial charge in [-0.3, -0.25) is 9.52 Å². The van der Waals surface area contributed by atoms with Gasteiger partial charge in [-0.05, 0) is 17.7 Å². The number of aliphatic hydroxyl groups is 1. The van der Waals surface area contributed by atoms with Crippen LogP contribution in [0.15, 0.2) is 24.3 Å². The standard InChI is InChI=1S/C15H25N3O4S/c1-11(2)15(20)17-9-8-16-10-14(19)12-4-6-13(7-5-12)18-23(3,21)22/h4-7,11,14,16,18-19H,8-10H2,1-3H3,(H,17,20). The second-order valence-electron chi connectivity index (χ2n) is 5.66. The molecule has 0 aliphatic heterocycles. The fourth-order valence-electron chi connectivity index (χ4n) is 1.82. The van der Waals surface area contributed by atoms with Crippen LogP contribution in [-0.4, -0.2) is 45.3 Å². The predicted molar refractivity (Wildman–Crippen MR) is 90.6 cm³/mol. The highest BCUT2D eigenvalue weighted by atomic mass is 32.2. The number of sulfonamides is 1. The van der Waals surface area contributed by atoms with Gasteiger partial charge in [-0.2, -0.15) is 0 Å². The highest BCUT2D eigenvalue weighted by Crippen LogP contribution is 2.16. The summed E-state index contributed by atoms with van der Waals surface area (Å²) in [6.07, 6.45) is 0.376. The normalized spacial score (nSPS) is 12.9. The van der Waals surface area contributed by atoms with Crippen molar-refractivity contribution in [3.8, 4) is 0 Å². The number of nitrogens with one attached hydrogen (secondary N) is 3. The SMILES string of the molecule is CC(C)C(=O)NCCNCC(O)c1ccc(NS(C)(=O)=O)cc1. The van der Waals surface area contributed by atoms with Gasteiger partial charge in [0.15, 0.2) is 0 Å². The summed E-state index contributed by atoms with van der Waals surface area (Å²) in [7, 11) is -3.30. The summed E-state index contributed by atoms with van der Waals surface area (Å²) in [5, 5.41) is 15.9. The fourth-order valence-corrected chi connectivity index (χ4v) is 2.39. The molecule has 0 aliphatic carbocycles. The van der Waals surface area contributed by atoms with Crippen molar-refractivity contribution in [2.75, 3.05) is 30.6 Å². The lowest BCUT2D eigenvalue weighted by atomic mass is 10.1. The molecule has 1 unspecified atom stereocenters. The Morgan fingerprint density at radius 2 is 1.78 bits per heavy atom.